The Morgan fingerprint density at radius 3 is 2.41 bits per heavy atom. The number of ketones is 1. The molecule has 32 heavy (non-hydrogen) atoms. The number of para-hydroxylation sites is 1. The Morgan fingerprint density at radius 2 is 1.62 bits per heavy atom. The fraction of sp³-hybridized carbons (Fsp3) is 0.0769. The highest BCUT2D eigenvalue weighted by molar-refractivity contribution is 6.07. The molecule has 0 spiro atoms. The summed E-state index contributed by atoms with van der Waals surface area (Å²) in [5.41, 5.74) is 2.93. The molecule has 0 aliphatic rings. The first-order valence-electron chi connectivity index (χ1n) is 10.2. The number of aryl methyl sites for hydroxylation is 1. The third-order valence-electron chi connectivity index (χ3n) is 5.31. The molecule has 0 aliphatic carbocycles. The Labute approximate surface area is 182 Å². The molecular weight excluding hydrogens is 410 g/mol. The zero-order valence-electron chi connectivity index (χ0n) is 16.9. The maximum absolute atomic E-state index is 13.8. The molecule has 0 fully saturated rings. The predicted octanol–water partition coefficient (Wildman–Crippen LogP) is 6.58. The number of aromatic amines is 1. The van der Waals surface area contributed by atoms with Crippen molar-refractivity contribution in [3.63, 3.8) is 0 Å². The smallest absolute Gasteiger partial charge is 0.195 e. The van der Waals surface area contributed by atoms with Crippen molar-refractivity contribution in [2.24, 2.45) is 0 Å². The van der Waals surface area contributed by atoms with Crippen molar-refractivity contribution >= 4 is 16.7 Å². The molecule has 0 bridgehead atoms. The Morgan fingerprint density at radius 1 is 0.906 bits per heavy atom. The monoisotopic (exact) mass is 428 g/mol. The van der Waals surface area contributed by atoms with Gasteiger partial charge < -0.3 is 9.40 Å². The first kappa shape index (κ1) is 19.9. The molecular formula is C26H18F2N2O2. The standard InChI is InChI=1S/C26H18F2N2O2/c27-18-7-3-5-16(13-18)25-26(17-6-4-8-19(28)14-17)32-24(30-25)12-11-23(31)21-15-29-22-10-2-1-9-20(21)22/h1-10,13-15,29H,11-12H2. The van der Waals surface area contributed by atoms with Gasteiger partial charge in [-0.15, -0.1) is 0 Å². The minimum Gasteiger partial charge on any atom is -0.440 e. The van der Waals surface area contributed by atoms with Crippen molar-refractivity contribution in [3.8, 4) is 22.6 Å². The Bertz CT molecular complexity index is 1370. The summed E-state index contributed by atoms with van der Waals surface area (Å²) in [4.78, 5) is 20.5. The van der Waals surface area contributed by atoms with Crippen molar-refractivity contribution < 1.29 is 18.0 Å². The van der Waals surface area contributed by atoms with E-state index in [1.54, 1.807) is 30.5 Å². The summed E-state index contributed by atoms with van der Waals surface area (Å²) in [5.74, 6) is -0.200. The molecule has 5 rings (SSSR count). The van der Waals surface area contributed by atoms with Crippen molar-refractivity contribution in [1.82, 2.24) is 9.97 Å². The third kappa shape index (κ3) is 3.83. The van der Waals surface area contributed by atoms with Crippen LogP contribution in [0.3, 0.4) is 0 Å². The van der Waals surface area contributed by atoms with Gasteiger partial charge >= 0.3 is 0 Å². The number of benzene rings is 3. The molecule has 5 aromatic rings. The number of carbonyl (C=O) groups excluding carboxylic acids is 1. The maximum atomic E-state index is 13.8. The van der Waals surface area contributed by atoms with Gasteiger partial charge in [0.25, 0.3) is 0 Å². The van der Waals surface area contributed by atoms with E-state index in [0.29, 0.717) is 34.0 Å². The van der Waals surface area contributed by atoms with E-state index in [4.69, 9.17) is 4.42 Å². The highest BCUT2D eigenvalue weighted by Crippen LogP contribution is 2.34. The van der Waals surface area contributed by atoms with E-state index in [2.05, 4.69) is 9.97 Å². The summed E-state index contributed by atoms with van der Waals surface area (Å²) in [6.45, 7) is 0. The first-order chi connectivity index (χ1) is 15.6. The SMILES string of the molecule is O=C(CCc1nc(-c2cccc(F)c2)c(-c2cccc(F)c2)o1)c1c[nH]c2ccccc12. The lowest BCUT2D eigenvalue weighted by atomic mass is 10.1. The van der Waals surface area contributed by atoms with Gasteiger partial charge in [-0.1, -0.05) is 42.5 Å². The van der Waals surface area contributed by atoms with Crippen LogP contribution in [0.4, 0.5) is 8.78 Å². The zero-order valence-corrected chi connectivity index (χ0v) is 16.9. The van der Waals surface area contributed by atoms with Crippen LogP contribution < -0.4 is 0 Å². The molecule has 2 heterocycles. The van der Waals surface area contributed by atoms with Crippen LogP contribution in [0.25, 0.3) is 33.5 Å². The van der Waals surface area contributed by atoms with Crippen LogP contribution in [0.2, 0.25) is 0 Å². The van der Waals surface area contributed by atoms with E-state index < -0.39 is 11.6 Å². The first-order valence-corrected chi connectivity index (χ1v) is 10.2. The number of Topliss-reactive ketones (excluding diaryl/α,β-unsaturated/α-hetero) is 1. The molecule has 4 nitrogen and oxygen atoms in total. The minimum atomic E-state index is -0.417. The van der Waals surface area contributed by atoms with Crippen LogP contribution in [-0.2, 0) is 6.42 Å². The van der Waals surface area contributed by atoms with Crippen LogP contribution in [-0.4, -0.2) is 15.8 Å². The molecule has 0 saturated carbocycles. The maximum Gasteiger partial charge on any atom is 0.195 e. The number of H-pyrrole nitrogens is 1. The highest BCUT2D eigenvalue weighted by Gasteiger charge is 2.19. The zero-order chi connectivity index (χ0) is 22.1. The molecule has 0 saturated heterocycles. The number of hydrogen-bond acceptors (Lipinski definition) is 3. The van der Waals surface area contributed by atoms with Gasteiger partial charge in [0, 0.05) is 46.6 Å². The fourth-order valence-corrected chi connectivity index (χ4v) is 3.79. The number of halogens is 2. The van der Waals surface area contributed by atoms with Crippen LogP contribution in [0.1, 0.15) is 22.7 Å². The molecule has 1 N–H and O–H groups in total. The van der Waals surface area contributed by atoms with Crippen LogP contribution in [0.5, 0.6) is 0 Å². The lowest BCUT2D eigenvalue weighted by molar-refractivity contribution is 0.0982. The van der Waals surface area contributed by atoms with Gasteiger partial charge in [0.15, 0.2) is 17.4 Å². The van der Waals surface area contributed by atoms with Crippen molar-refractivity contribution in [3.05, 3.63) is 102 Å². The van der Waals surface area contributed by atoms with Crippen LogP contribution in [0.15, 0.2) is 83.4 Å². The summed E-state index contributed by atoms with van der Waals surface area (Å²) in [6, 6.07) is 19.5. The molecule has 3 aromatic carbocycles. The quantitative estimate of drug-likeness (QED) is 0.311. The Hall–Kier alpha value is -4.06. The second kappa shape index (κ2) is 8.23. The molecule has 0 aliphatic heterocycles. The molecule has 0 amide bonds. The van der Waals surface area contributed by atoms with Crippen molar-refractivity contribution in [1.29, 1.82) is 0 Å². The summed E-state index contributed by atoms with van der Waals surface area (Å²) in [7, 11) is 0. The average Bonchev–Trinajstić information content (AvgIpc) is 3.42. The van der Waals surface area contributed by atoms with Gasteiger partial charge in [-0.25, -0.2) is 13.8 Å². The normalized spacial score (nSPS) is 11.2. The number of carbonyl (C=O) groups is 1. The third-order valence-corrected chi connectivity index (χ3v) is 5.31. The van der Waals surface area contributed by atoms with Crippen LogP contribution in [0, 0.1) is 11.6 Å². The van der Waals surface area contributed by atoms with E-state index in [9.17, 15) is 13.6 Å². The highest BCUT2D eigenvalue weighted by atomic mass is 19.1. The largest absolute Gasteiger partial charge is 0.440 e. The lowest BCUT2D eigenvalue weighted by Crippen LogP contribution is -2.00. The van der Waals surface area contributed by atoms with Gasteiger partial charge in [0.2, 0.25) is 0 Å². The van der Waals surface area contributed by atoms with Gasteiger partial charge in [-0.2, -0.15) is 0 Å². The number of oxazole rings is 1. The number of rotatable bonds is 6. The van der Waals surface area contributed by atoms with E-state index >= 15 is 0 Å². The number of nitrogens with zero attached hydrogens (tertiary/aromatic N) is 1. The topological polar surface area (TPSA) is 58.9 Å². The average molecular weight is 428 g/mol. The molecule has 0 unspecified atom stereocenters. The number of nitrogens with one attached hydrogen (secondary N) is 1. The van der Waals surface area contributed by atoms with Gasteiger partial charge in [0.05, 0.1) is 0 Å². The number of fused-ring (bicyclic) bond motifs is 1. The van der Waals surface area contributed by atoms with E-state index in [1.807, 2.05) is 24.3 Å². The lowest BCUT2D eigenvalue weighted by Gasteiger charge is -2.02. The summed E-state index contributed by atoms with van der Waals surface area (Å²) < 4.78 is 33.6. The van der Waals surface area contributed by atoms with Gasteiger partial charge in [-0.3, -0.25) is 4.79 Å². The minimum absolute atomic E-state index is 0.0414. The summed E-state index contributed by atoms with van der Waals surface area (Å²) in [6.07, 6.45) is 2.16. The van der Waals surface area contributed by atoms with E-state index in [0.717, 1.165) is 10.9 Å². The number of aromatic nitrogens is 2. The Balaban J connectivity index is 1.46. The molecule has 0 atom stereocenters. The van der Waals surface area contributed by atoms with Gasteiger partial charge in [0.1, 0.15) is 17.3 Å². The number of hydrogen-bond donors (Lipinski definition) is 1. The van der Waals surface area contributed by atoms with Crippen LogP contribution >= 0.6 is 0 Å². The molecule has 2 aromatic heterocycles. The van der Waals surface area contributed by atoms with Crippen molar-refractivity contribution in [2.45, 2.75) is 12.8 Å². The Kier molecular flexibility index (Phi) is 5.11. The second-order valence-corrected chi connectivity index (χ2v) is 7.48. The fourth-order valence-electron chi connectivity index (χ4n) is 3.79. The second-order valence-electron chi connectivity index (χ2n) is 7.48. The predicted molar refractivity (Wildman–Crippen MR) is 118 cm³/mol. The van der Waals surface area contributed by atoms with E-state index in [-0.39, 0.29) is 18.6 Å². The van der Waals surface area contributed by atoms with Crippen molar-refractivity contribution in [2.75, 3.05) is 0 Å². The van der Waals surface area contributed by atoms with Gasteiger partial charge in [-0.05, 0) is 30.3 Å². The molecule has 0 radical (unpaired) electrons. The summed E-state index contributed by atoms with van der Waals surface area (Å²) >= 11 is 0. The molecule has 158 valence electrons. The van der Waals surface area contributed by atoms with E-state index in [1.165, 1.54) is 24.3 Å². The molecule has 6 heteroatoms. The summed E-state index contributed by atoms with van der Waals surface area (Å²) in [5, 5.41) is 0.866.